The molecule has 3 atom stereocenters. The number of nitrogens with one attached hydrogen (secondary N) is 1. The van der Waals surface area contributed by atoms with Crippen LogP contribution in [0.5, 0.6) is 0 Å². The van der Waals surface area contributed by atoms with E-state index in [0.29, 0.717) is 19.5 Å². The first kappa shape index (κ1) is 19.2. The lowest BCUT2D eigenvalue weighted by atomic mass is 10.0. The van der Waals surface area contributed by atoms with E-state index < -0.39 is 5.92 Å². The molecular formula is C17H23BrClN3O2. The van der Waals surface area contributed by atoms with Crippen LogP contribution >= 0.6 is 28.3 Å². The second-order valence-corrected chi connectivity index (χ2v) is 7.15. The molecule has 0 spiro atoms. The van der Waals surface area contributed by atoms with Gasteiger partial charge in [0.25, 0.3) is 0 Å². The highest BCUT2D eigenvalue weighted by molar-refractivity contribution is 9.10. The van der Waals surface area contributed by atoms with Gasteiger partial charge in [0.15, 0.2) is 0 Å². The zero-order valence-electron chi connectivity index (χ0n) is 13.9. The van der Waals surface area contributed by atoms with E-state index in [4.69, 9.17) is 0 Å². The fourth-order valence-electron chi connectivity index (χ4n) is 3.39. The molecule has 2 saturated heterocycles. The normalized spacial score (nSPS) is 27.1. The minimum atomic E-state index is -0.546. The molecule has 0 aliphatic carbocycles. The van der Waals surface area contributed by atoms with Crippen LogP contribution in [0.3, 0.4) is 0 Å². The standard InChI is InChI=1S/C17H22BrN3O2.ClH/c1-11-12(2)20(10-8-19-11)16(22)13-7-9-21(17(13)23)15-6-4-3-5-14(15)18;/h3-6,11-13,19H,7-10H2,1-2H3;1H. The molecule has 0 saturated carbocycles. The first-order valence-corrected chi connectivity index (χ1v) is 8.89. The minimum absolute atomic E-state index is 0. The summed E-state index contributed by atoms with van der Waals surface area (Å²) in [6, 6.07) is 8.01. The van der Waals surface area contributed by atoms with Gasteiger partial charge in [0.2, 0.25) is 11.8 Å². The lowest BCUT2D eigenvalue weighted by molar-refractivity contribution is -0.142. The number of hydrogen-bond donors (Lipinski definition) is 1. The largest absolute Gasteiger partial charge is 0.336 e. The zero-order chi connectivity index (χ0) is 16.6. The fraction of sp³-hybridized carbons (Fsp3) is 0.529. The zero-order valence-corrected chi connectivity index (χ0v) is 16.3. The summed E-state index contributed by atoms with van der Waals surface area (Å²) in [4.78, 5) is 29.2. The van der Waals surface area contributed by atoms with Crippen LogP contribution in [-0.2, 0) is 9.59 Å². The maximum Gasteiger partial charge on any atom is 0.239 e. The predicted octanol–water partition coefficient (Wildman–Crippen LogP) is 2.43. The van der Waals surface area contributed by atoms with Crippen molar-refractivity contribution in [2.45, 2.75) is 32.4 Å². The number of carbonyl (C=O) groups is 2. The Labute approximate surface area is 157 Å². The maximum atomic E-state index is 12.9. The van der Waals surface area contributed by atoms with E-state index >= 15 is 0 Å². The average molecular weight is 417 g/mol. The van der Waals surface area contributed by atoms with E-state index in [1.54, 1.807) is 4.90 Å². The highest BCUT2D eigenvalue weighted by Gasteiger charge is 2.42. The molecule has 2 aliphatic rings. The van der Waals surface area contributed by atoms with Crippen molar-refractivity contribution in [2.24, 2.45) is 5.92 Å². The topological polar surface area (TPSA) is 52.7 Å². The number of piperazine rings is 1. The van der Waals surface area contributed by atoms with Gasteiger partial charge >= 0.3 is 0 Å². The molecule has 0 radical (unpaired) electrons. The van der Waals surface area contributed by atoms with E-state index in [-0.39, 0.29) is 36.3 Å². The predicted molar refractivity (Wildman–Crippen MR) is 100 cm³/mol. The van der Waals surface area contributed by atoms with Gasteiger partial charge in [-0.2, -0.15) is 0 Å². The van der Waals surface area contributed by atoms with Crippen molar-refractivity contribution in [3.8, 4) is 0 Å². The summed E-state index contributed by atoms with van der Waals surface area (Å²) >= 11 is 3.49. The number of benzene rings is 1. The Morgan fingerprint density at radius 1 is 1.25 bits per heavy atom. The van der Waals surface area contributed by atoms with Crippen LogP contribution in [0.1, 0.15) is 20.3 Å². The second kappa shape index (κ2) is 7.85. The highest BCUT2D eigenvalue weighted by Crippen LogP contribution is 2.32. The van der Waals surface area contributed by atoms with Gasteiger partial charge in [-0.25, -0.2) is 0 Å². The van der Waals surface area contributed by atoms with E-state index in [1.807, 2.05) is 36.1 Å². The van der Waals surface area contributed by atoms with Crippen LogP contribution in [0.25, 0.3) is 0 Å². The van der Waals surface area contributed by atoms with Crippen molar-refractivity contribution in [3.63, 3.8) is 0 Å². The van der Waals surface area contributed by atoms with E-state index in [2.05, 4.69) is 28.2 Å². The maximum absolute atomic E-state index is 12.9. The van der Waals surface area contributed by atoms with Gasteiger partial charge < -0.3 is 15.1 Å². The lowest BCUT2D eigenvalue weighted by Gasteiger charge is -2.39. The van der Waals surface area contributed by atoms with Gasteiger partial charge in [-0.1, -0.05) is 12.1 Å². The molecule has 1 aromatic carbocycles. The summed E-state index contributed by atoms with van der Waals surface area (Å²) in [5, 5.41) is 3.37. The van der Waals surface area contributed by atoms with Gasteiger partial charge in [-0.3, -0.25) is 9.59 Å². The van der Waals surface area contributed by atoms with E-state index in [9.17, 15) is 9.59 Å². The van der Waals surface area contributed by atoms with Gasteiger partial charge in [-0.05, 0) is 48.3 Å². The Hall–Kier alpha value is -1.11. The summed E-state index contributed by atoms with van der Waals surface area (Å²) in [6.07, 6.45) is 0.587. The fourth-order valence-corrected chi connectivity index (χ4v) is 3.89. The first-order chi connectivity index (χ1) is 11.0. The van der Waals surface area contributed by atoms with E-state index in [1.165, 1.54) is 0 Å². The van der Waals surface area contributed by atoms with Crippen molar-refractivity contribution >= 4 is 45.8 Å². The van der Waals surface area contributed by atoms with Crippen LogP contribution in [-0.4, -0.2) is 48.4 Å². The van der Waals surface area contributed by atoms with Crippen LogP contribution in [0.15, 0.2) is 28.7 Å². The SMILES string of the molecule is CC1NCCN(C(=O)C2CCN(c3ccccc3Br)C2=O)C1C.Cl. The third kappa shape index (κ3) is 3.46. The summed E-state index contributed by atoms with van der Waals surface area (Å²) < 4.78 is 0.880. The van der Waals surface area contributed by atoms with Crippen molar-refractivity contribution < 1.29 is 9.59 Å². The highest BCUT2D eigenvalue weighted by atomic mass is 79.9. The molecular weight excluding hydrogens is 394 g/mol. The van der Waals surface area contributed by atoms with Crippen LogP contribution in [0.4, 0.5) is 5.69 Å². The molecule has 5 nitrogen and oxygen atoms in total. The summed E-state index contributed by atoms with van der Waals surface area (Å²) in [5.74, 6) is -0.652. The monoisotopic (exact) mass is 415 g/mol. The van der Waals surface area contributed by atoms with Gasteiger partial charge in [-0.15, -0.1) is 12.4 Å². The number of nitrogens with zero attached hydrogens (tertiary/aromatic N) is 2. The Kier molecular flexibility index (Phi) is 6.28. The second-order valence-electron chi connectivity index (χ2n) is 6.30. The van der Waals surface area contributed by atoms with Gasteiger partial charge in [0.1, 0.15) is 5.92 Å². The molecule has 7 heteroatoms. The molecule has 2 heterocycles. The lowest BCUT2D eigenvalue weighted by Crippen LogP contribution is -2.58. The van der Waals surface area contributed by atoms with Crippen LogP contribution in [0, 0.1) is 5.92 Å². The smallest absolute Gasteiger partial charge is 0.239 e. The van der Waals surface area contributed by atoms with Crippen molar-refractivity contribution in [2.75, 3.05) is 24.5 Å². The van der Waals surface area contributed by atoms with Crippen LogP contribution in [0.2, 0.25) is 0 Å². The number of rotatable bonds is 2. The molecule has 0 bridgehead atoms. The van der Waals surface area contributed by atoms with Crippen LogP contribution < -0.4 is 10.2 Å². The number of para-hydroxylation sites is 1. The van der Waals surface area contributed by atoms with E-state index in [0.717, 1.165) is 16.7 Å². The number of hydrogen-bond acceptors (Lipinski definition) is 3. The van der Waals surface area contributed by atoms with Gasteiger partial charge in [0, 0.05) is 36.2 Å². The molecule has 2 fully saturated rings. The minimum Gasteiger partial charge on any atom is -0.336 e. The molecule has 24 heavy (non-hydrogen) atoms. The molecule has 2 aliphatic heterocycles. The first-order valence-electron chi connectivity index (χ1n) is 8.10. The van der Waals surface area contributed by atoms with Crippen molar-refractivity contribution in [1.29, 1.82) is 0 Å². The number of halogens is 2. The molecule has 2 amide bonds. The number of amides is 2. The molecule has 1 N–H and O–H groups in total. The summed E-state index contributed by atoms with van der Waals surface area (Å²) in [6.45, 7) is 6.16. The molecule has 0 aromatic heterocycles. The Morgan fingerprint density at radius 3 is 2.67 bits per heavy atom. The molecule has 1 aromatic rings. The third-order valence-electron chi connectivity index (χ3n) is 4.96. The Balaban J connectivity index is 0.00000208. The van der Waals surface area contributed by atoms with Crippen molar-refractivity contribution in [3.05, 3.63) is 28.7 Å². The molecule has 3 unspecified atom stereocenters. The van der Waals surface area contributed by atoms with Gasteiger partial charge in [0.05, 0.1) is 5.69 Å². The third-order valence-corrected chi connectivity index (χ3v) is 5.63. The Bertz CT molecular complexity index is 628. The number of carbonyl (C=O) groups excluding carboxylic acids is 2. The molecule has 3 rings (SSSR count). The quantitative estimate of drug-likeness (QED) is 0.754. The average Bonchev–Trinajstić information content (AvgIpc) is 2.91. The summed E-state index contributed by atoms with van der Waals surface area (Å²) in [5.41, 5.74) is 0.842. The summed E-state index contributed by atoms with van der Waals surface area (Å²) in [7, 11) is 0. The number of anilines is 1. The Morgan fingerprint density at radius 2 is 1.96 bits per heavy atom. The van der Waals surface area contributed by atoms with Crippen molar-refractivity contribution in [1.82, 2.24) is 10.2 Å². The molecule has 132 valence electrons.